The first-order chi connectivity index (χ1) is 12.4. The van der Waals surface area contributed by atoms with Gasteiger partial charge >= 0.3 is 6.18 Å². The molecule has 0 bridgehead atoms. The number of anilines is 3. The van der Waals surface area contributed by atoms with E-state index in [4.69, 9.17) is 11.6 Å². The molecular formula is C15H14ClF3N6O. The smallest absolute Gasteiger partial charge is 0.342 e. The number of alkyl halides is 3. The zero-order valence-corrected chi connectivity index (χ0v) is 14.1. The molecule has 7 nitrogen and oxygen atoms in total. The molecule has 3 rings (SSSR count). The molecule has 0 unspecified atom stereocenters. The Morgan fingerprint density at radius 1 is 1.19 bits per heavy atom. The Morgan fingerprint density at radius 3 is 2.58 bits per heavy atom. The quantitative estimate of drug-likeness (QED) is 0.814. The molecule has 0 atom stereocenters. The Balaban J connectivity index is 1.76. The first kappa shape index (κ1) is 18.2. The van der Waals surface area contributed by atoms with Crippen LogP contribution in [0.25, 0.3) is 0 Å². The molecule has 0 spiro atoms. The highest BCUT2D eigenvalue weighted by molar-refractivity contribution is 6.31. The number of nitrogens with one attached hydrogen (secondary N) is 1. The molecule has 1 fully saturated rings. The second-order valence-electron chi connectivity index (χ2n) is 5.59. The molecule has 2 aromatic rings. The number of benzene rings is 1. The molecule has 1 aliphatic heterocycles. The maximum Gasteiger partial charge on any atom is 0.417 e. The lowest BCUT2D eigenvalue weighted by atomic mass is 10.2. The average molecular weight is 387 g/mol. The van der Waals surface area contributed by atoms with E-state index in [-0.39, 0.29) is 16.5 Å². The van der Waals surface area contributed by atoms with Crippen molar-refractivity contribution in [1.29, 1.82) is 0 Å². The van der Waals surface area contributed by atoms with Crippen molar-refractivity contribution >= 4 is 35.5 Å². The molecular weight excluding hydrogens is 373 g/mol. The van der Waals surface area contributed by atoms with Crippen molar-refractivity contribution in [3.63, 3.8) is 0 Å². The van der Waals surface area contributed by atoms with E-state index in [1.807, 2.05) is 4.90 Å². The predicted molar refractivity (Wildman–Crippen MR) is 89.4 cm³/mol. The van der Waals surface area contributed by atoms with Gasteiger partial charge in [-0.2, -0.15) is 23.3 Å². The summed E-state index contributed by atoms with van der Waals surface area (Å²) in [6, 6.07) is 3.50. The van der Waals surface area contributed by atoms with Gasteiger partial charge in [-0.15, -0.1) is 5.10 Å². The minimum Gasteiger partial charge on any atom is -0.342 e. The van der Waals surface area contributed by atoms with E-state index in [1.54, 1.807) is 4.90 Å². The Hall–Kier alpha value is -2.62. The highest BCUT2D eigenvalue weighted by Crippen LogP contribution is 2.36. The molecule has 0 radical (unpaired) electrons. The topological polar surface area (TPSA) is 74.2 Å². The number of carbonyl (C=O) groups is 1. The third-order valence-corrected chi connectivity index (χ3v) is 4.17. The van der Waals surface area contributed by atoms with Crippen LogP contribution >= 0.6 is 11.6 Å². The van der Waals surface area contributed by atoms with Gasteiger partial charge in [0.25, 0.3) is 0 Å². The number of halogens is 4. The summed E-state index contributed by atoms with van der Waals surface area (Å²) in [5.41, 5.74) is -0.754. The molecule has 0 aliphatic carbocycles. The fraction of sp³-hybridized carbons (Fsp3) is 0.333. The van der Waals surface area contributed by atoms with Gasteiger partial charge in [0, 0.05) is 31.9 Å². The van der Waals surface area contributed by atoms with Crippen LogP contribution in [0.4, 0.5) is 30.6 Å². The molecule has 11 heteroatoms. The second kappa shape index (κ2) is 7.32. The summed E-state index contributed by atoms with van der Waals surface area (Å²) in [5.74, 6) is 0.592. The van der Waals surface area contributed by atoms with Crippen LogP contribution in [0.3, 0.4) is 0 Å². The van der Waals surface area contributed by atoms with Crippen molar-refractivity contribution in [1.82, 2.24) is 20.1 Å². The van der Waals surface area contributed by atoms with Crippen LogP contribution in [0.15, 0.2) is 24.4 Å². The normalized spacial score (nSPS) is 15.1. The fourth-order valence-corrected chi connectivity index (χ4v) is 2.71. The number of carbonyl (C=O) groups excluding carboxylic acids is 1. The van der Waals surface area contributed by atoms with Gasteiger partial charge in [0.05, 0.1) is 16.8 Å². The third-order valence-electron chi connectivity index (χ3n) is 3.84. The highest BCUT2D eigenvalue weighted by atomic mass is 35.5. The second-order valence-corrected chi connectivity index (χ2v) is 5.99. The molecule has 1 amide bonds. The van der Waals surface area contributed by atoms with Crippen LogP contribution in [0, 0.1) is 0 Å². The van der Waals surface area contributed by atoms with Crippen LogP contribution in [-0.4, -0.2) is 52.7 Å². The van der Waals surface area contributed by atoms with Crippen LogP contribution in [0.1, 0.15) is 5.56 Å². The Bertz CT molecular complexity index is 795. The van der Waals surface area contributed by atoms with E-state index >= 15 is 0 Å². The SMILES string of the molecule is O=CN1CCN(c2nncc(Nc3ccc(Cl)c(C(F)(F)F)c3)n2)CC1. The van der Waals surface area contributed by atoms with Crippen LogP contribution in [0.5, 0.6) is 0 Å². The molecule has 1 saturated heterocycles. The standard InChI is InChI=1S/C15H14ClF3N6O/c16-12-2-1-10(7-11(12)15(17,18)19)21-13-8-20-23-14(22-13)25-5-3-24(9-26)4-6-25/h1-2,7-9H,3-6H2,(H,21,22,23). The molecule has 26 heavy (non-hydrogen) atoms. The average Bonchev–Trinajstić information content (AvgIpc) is 2.63. The third kappa shape index (κ3) is 4.13. The van der Waals surface area contributed by atoms with E-state index in [9.17, 15) is 18.0 Å². The van der Waals surface area contributed by atoms with E-state index < -0.39 is 11.7 Å². The maximum atomic E-state index is 12.9. The number of hydrogen-bond donors (Lipinski definition) is 1. The first-order valence-electron chi connectivity index (χ1n) is 7.64. The Kier molecular flexibility index (Phi) is 5.12. The summed E-state index contributed by atoms with van der Waals surface area (Å²) in [7, 11) is 0. The van der Waals surface area contributed by atoms with Crippen LogP contribution in [0.2, 0.25) is 5.02 Å². The molecule has 1 aromatic carbocycles. The lowest BCUT2D eigenvalue weighted by Crippen LogP contribution is -2.46. The van der Waals surface area contributed by atoms with Gasteiger partial charge in [-0.25, -0.2) is 0 Å². The number of aromatic nitrogens is 3. The van der Waals surface area contributed by atoms with Gasteiger partial charge in [-0.3, -0.25) is 4.79 Å². The van der Waals surface area contributed by atoms with Crippen molar-refractivity contribution in [2.75, 3.05) is 36.4 Å². The van der Waals surface area contributed by atoms with Gasteiger partial charge < -0.3 is 15.1 Å². The van der Waals surface area contributed by atoms with E-state index in [2.05, 4.69) is 20.5 Å². The number of piperazine rings is 1. The van der Waals surface area contributed by atoms with Crippen molar-refractivity contribution in [3.05, 3.63) is 35.0 Å². The fourth-order valence-electron chi connectivity index (χ4n) is 2.48. The molecule has 1 aromatic heterocycles. The summed E-state index contributed by atoms with van der Waals surface area (Å²) in [4.78, 5) is 18.5. The minimum absolute atomic E-state index is 0.180. The Morgan fingerprint density at radius 2 is 1.92 bits per heavy atom. The molecule has 0 saturated carbocycles. The first-order valence-corrected chi connectivity index (χ1v) is 8.02. The van der Waals surface area contributed by atoms with Crippen LogP contribution < -0.4 is 10.2 Å². The number of hydrogen-bond acceptors (Lipinski definition) is 6. The summed E-state index contributed by atoms with van der Waals surface area (Å²) in [5, 5.41) is 10.2. The zero-order valence-electron chi connectivity index (χ0n) is 13.4. The predicted octanol–water partition coefficient (Wildman–Crippen LogP) is 2.57. The summed E-state index contributed by atoms with van der Waals surface area (Å²) in [6.07, 6.45) is -2.46. The van der Waals surface area contributed by atoms with E-state index in [0.717, 1.165) is 12.5 Å². The van der Waals surface area contributed by atoms with Gasteiger partial charge in [-0.1, -0.05) is 11.6 Å². The number of nitrogens with zero attached hydrogens (tertiary/aromatic N) is 5. The van der Waals surface area contributed by atoms with Crippen molar-refractivity contribution in [2.24, 2.45) is 0 Å². The van der Waals surface area contributed by atoms with Gasteiger partial charge in [-0.05, 0) is 18.2 Å². The summed E-state index contributed by atoms with van der Waals surface area (Å²) in [6.45, 7) is 2.17. The summed E-state index contributed by atoms with van der Waals surface area (Å²) < 4.78 is 38.8. The highest BCUT2D eigenvalue weighted by Gasteiger charge is 2.33. The molecule has 138 valence electrons. The monoisotopic (exact) mass is 386 g/mol. The van der Waals surface area contributed by atoms with Gasteiger partial charge in [0.15, 0.2) is 5.82 Å². The summed E-state index contributed by atoms with van der Waals surface area (Å²) >= 11 is 5.61. The van der Waals surface area contributed by atoms with E-state index in [1.165, 1.54) is 18.3 Å². The van der Waals surface area contributed by atoms with Crippen molar-refractivity contribution in [3.8, 4) is 0 Å². The van der Waals surface area contributed by atoms with E-state index in [0.29, 0.717) is 32.1 Å². The van der Waals surface area contributed by atoms with Gasteiger partial charge in [0.1, 0.15) is 0 Å². The van der Waals surface area contributed by atoms with Crippen molar-refractivity contribution in [2.45, 2.75) is 6.18 Å². The number of amides is 1. The minimum atomic E-state index is -4.55. The lowest BCUT2D eigenvalue weighted by molar-refractivity contribution is -0.137. The van der Waals surface area contributed by atoms with Crippen LogP contribution in [-0.2, 0) is 11.0 Å². The Labute approximate surface area is 151 Å². The number of rotatable bonds is 4. The maximum absolute atomic E-state index is 12.9. The lowest BCUT2D eigenvalue weighted by Gasteiger charge is -2.32. The molecule has 1 N–H and O–H groups in total. The van der Waals surface area contributed by atoms with Gasteiger partial charge in [0.2, 0.25) is 12.4 Å². The zero-order chi connectivity index (χ0) is 18.7. The largest absolute Gasteiger partial charge is 0.417 e. The van der Waals surface area contributed by atoms with Crippen molar-refractivity contribution < 1.29 is 18.0 Å². The molecule has 1 aliphatic rings. The molecule has 2 heterocycles.